The summed E-state index contributed by atoms with van der Waals surface area (Å²) in [4.78, 5) is 25.8. The highest BCUT2D eigenvalue weighted by Crippen LogP contribution is 2.14. The smallest absolute Gasteiger partial charge is 0.253 e. The molecule has 29 heavy (non-hydrogen) atoms. The molecular weight excluding hydrogens is 394 g/mol. The molecule has 156 valence electrons. The summed E-state index contributed by atoms with van der Waals surface area (Å²) in [6, 6.07) is 12.7. The second-order valence-electron chi connectivity index (χ2n) is 6.35. The molecule has 0 atom stereocenters. The number of carbonyl (C=O) groups excluding carboxylic acids is 2. The Labute approximate surface area is 170 Å². The van der Waals surface area contributed by atoms with Crippen LogP contribution in [0.4, 0.5) is 0 Å². The second kappa shape index (κ2) is 10.1. The molecule has 0 bridgehead atoms. The Hall–Kier alpha value is -2.75. The molecule has 2 aromatic rings. The lowest BCUT2D eigenvalue weighted by atomic mass is 10.1. The molecule has 0 spiro atoms. The fourth-order valence-electron chi connectivity index (χ4n) is 2.61. The van der Waals surface area contributed by atoms with Crippen LogP contribution in [0, 0.1) is 0 Å². The van der Waals surface area contributed by atoms with Gasteiger partial charge >= 0.3 is 0 Å². The number of nitrogens with zero attached hydrogens (tertiary/aromatic N) is 1. The van der Waals surface area contributed by atoms with Crippen LogP contribution in [-0.2, 0) is 21.3 Å². The third-order valence-corrected chi connectivity index (χ3v) is 5.70. The Kier molecular flexibility index (Phi) is 7.89. The van der Waals surface area contributed by atoms with Crippen LogP contribution < -0.4 is 10.0 Å². The molecule has 0 aliphatic heterocycles. The first kappa shape index (κ1) is 22.5. The Morgan fingerprint density at radius 3 is 2.14 bits per heavy atom. The zero-order valence-corrected chi connectivity index (χ0v) is 17.5. The standard InChI is InChI=1S/C20H25N3O5S/c1-21-19(24)16-6-4-15(5-7-16)14-23(2)20(25)17-8-10-18(11-9-17)29(26,27)22-12-13-28-3/h4-11,22H,12-14H2,1-3H3,(H,21,24). The summed E-state index contributed by atoms with van der Waals surface area (Å²) in [5, 5.41) is 2.55. The third-order valence-electron chi connectivity index (χ3n) is 4.22. The van der Waals surface area contributed by atoms with Gasteiger partial charge in [-0.25, -0.2) is 13.1 Å². The maximum atomic E-state index is 12.6. The number of rotatable bonds is 9. The van der Waals surface area contributed by atoms with E-state index in [9.17, 15) is 18.0 Å². The number of nitrogens with one attached hydrogen (secondary N) is 2. The molecule has 0 aromatic heterocycles. The van der Waals surface area contributed by atoms with E-state index in [2.05, 4.69) is 10.0 Å². The minimum absolute atomic E-state index is 0.0811. The van der Waals surface area contributed by atoms with Crippen LogP contribution in [-0.4, -0.2) is 59.5 Å². The molecule has 0 saturated heterocycles. The van der Waals surface area contributed by atoms with Crippen molar-refractivity contribution >= 4 is 21.8 Å². The van der Waals surface area contributed by atoms with Crippen LogP contribution in [0.1, 0.15) is 26.3 Å². The number of sulfonamides is 1. The average molecular weight is 420 g/mol. The Bertz CT molecular complexity index is 941. The van der Waals surface area contributed by atoms with E-state index in [1.807, 2.05) is 0 Å². The fraction of sp³-hybridized carbons (Fsp3) is 0.300. The van der Waals surface area contributed by atoms with Crippen LogP contribution >= 0.6 is 0 Å². The summed E-state index contributed by atoms with van der Waals surface area (Å²) in [5.41, 5.74) is 1.79. The molecule has 0 saturated carbocycles. The Morgan fingerprint density at radius 1 is 1.00 bits per heavy atom. The van der Waals surface area contributed by atoms with Crippen molar-refractivity contribution in [2.24, 2.45) is 0 Å². The molecule has 2 N–H and O–H groups in total. The largest absolute Gasteiger partial charge is 0.383 e. The van der Waals surface area contributed by atoms with E-state index in [4.69, 9.17) is 4.74 Å². The summed E-state index contributed by atoms with van der Waals surface area (Å²) in [7, 11) is 1.07. The van der Waals surface area contributed by atoms with Gasteiger partial charge in [0.05, 0.1) is 11.5 Å². The molecule has 0 aliphatic rings. The Morgan fingerprint density at radius 2 is 1.59 bits per heavy atom. The number of hydrogen-bond donors (Lipinski definition) is 2. The molecule has 0 heterocycles. The van der Waals surface area contributed by atoms with Crippen molar-refractivity contribution in [2.75, 3.05) is 34.4 Å². The maximum Gasteiger partial charge on any atom is 0.253 e. The summed E-state index contributed by atoms with van der Waals surface area (Å²) in [6.45, 7) is 0.789. The molecule has 2 amide bonds. The fourth-order valence-corrected chi connectivity index (χ4v) is 3.62. The predicted molar refractivity (Wildman–Crippen MR) is 109 cm³/mol. The minimum Gasteiger partial charge on any atom is -0.383 e. The predicted octanol–water partition coefficient (Wildman–Crippen LogP) is 1.24. The van der Waals surface area contributed by atoms with E-state index in [-0.39, 0.29) is 29.9 Å². The van der Waals surface area contributed by atoms with Crippen LogP contribution in [0.5, 0.6) is 0 Å². The van der Waals surface area contributed by atoms with Crippen molar-refractivity contribution in [2.45, 2.75) is 11.4 Å². The van der Waals surface area contributed by atoms with Crippen molar-refractivity contribution in [3.05, 3.63) is 65.2 Å². The molecule has 0 radical (unpaired) electrons. The average Bonchev–Trinajstić information content (AvgIpc) is 2.73. The van der Waals surface area contributed by atoms with Gasteiger partial charge in [-0.2, -0.15) is 0 Å². The summed E-state index contributed by atoms with van der Waals surface area (Å²) < 4.78 is 31.6. The minimum atomic E-state index is -3.64. The zero-order valence-electron chi connectivity index (χ0n) is 16.6. The van der Waals surface area contributed by atoms with Gasteiger partial charge in [-0.3, -0.25) is 9.59 Å². The normalized spacial score (nSPS) is 11.1. The SMILES string of the molecule is CNC(=O)c1ccc(CN(C)C(=O)c2ccc(S(=O)(=O)NCCOC)cc2)cc1. The lowest BCUT2D eigenvalue weighted by Gasteiger charge is -2.18. The van der Waals surface area contributed by atoms with Gasteiger partial charge in [0.1, 0.15) is 0 Å². The molecule has 9 heteroatoms. The van der Waals surface area contributed by atoms with Gasteiger partial charge in [0.2, 0.25) is 10.0 Å². The lowest BCUT2D eigenvalue weighted by Crippen LogP contribution is -2.28. The summed E-state index contributed by atoms with van der Waals surface area (Å²) in [5.74, 6) is -0.413. The first-order valence-corrected chi connectivity index (χ1v) is 10.4. The quantitative estimate of drug-likeness (QED) is 0.595. The molecule has 0 fully saturated rings. The number of benzene rings is 2. The molecular formula is C20H25N3O5S. The van der Waals surface area contributed by atoms with Crippen molar-refractivity contribution in [3.8, 4) is 0 Å². The lowest BCUT2D eigenvalue weighted by molar-refractivity contribution is 0.0784. The summed E-state index contributed by atoms with van der Waals surface area (Å²) >= 11 is 0. The number of carbonyl (C=O) groups is 2. The monoisotopic (exact) mass is 419 g/mol. The van der Waals surface area contributed by atoms with Gasteiger partial charge in [0, 0.05) is 45.4 Å². The van der Waals surface area contributed by atoms with Crippen LogP contribution in [0.25, 0.3) is 0 Å². The molecule has 0 aliphatic carbocycles. The van der Waals surface area contributed by atoms with Gasteiger partial charge in [0.25, 0.3) is 11.8 Å². The second-order valence-corrected chi connectivity index (χ2v) is 8.12. The zero-order chi connectivity index (χ0) is 21.4. The first-order chi connectivity index (χ1) is 13.8. The van der Waals surface area contributed by atoms with Crippen molar-refractivity contribution in [1.82, 2.24) is 14.9 Å². The molecule has 8 nitrogen and oxygen atoms in total. The number of ether oxygens (including phenoxy) is 1. The van der Waals surface area contributed by atoms with Gasteiger partial charge in [-0.05, 0) is 42.0 Å². The number of methoxy groups -OCH3 is 1. The van der Waals surface area contributed by atoms with Crippen LogP contribution in [0.15, 0.2) is 53.4 Å². The number of hydrogen-bond acceptors (Lipinski definition) is 5. The first-order valence-electron chi connectivity index (χ1n) is 8.93. The highest BCUT2D eigenvalue weighted by molar-refractivity contribution is 7.89. The van der Waals surface area contributed by atoms with E-state index >= 15 is 0 Å². The Balaban J connectivity index is 2.03. The van der Waals surface area contributed by atoms with Gasteiger partial charge in [0.15, 0.2) is 0 Å². The number of amides is 2. The van der Waals surface area contributed by atoms with Crippen molar-refractivity contribution in [1.29, 1.82) is 0 Å². The molecule has 2 rings (SSSR count). The van der Waals surface area contributed by atoms with Crippen molar-refractivity contribution in [3.63, 3.8) is 0 Å². The van der Waals surface area contributed by atoms with Crippen LogP contribution in [0.2, 0.25) is 0 Å². The molecule has 0 unspecified atom stereocenters. The van der Waals surface area contributed by atoms with E-state index < -0.39 is 10.0 Å². The van der Waals surface area contributed by atoms with E-state index in [1.165, 1.54) is 36.3 Å². The molecule has 2 aromatic carbocycles. The topological polar surface area (TPSA) is 105 Å². The third kappa shape index (κ3) is 6.11. The highest BCUT2D eigenvalue weighted by atomic mass is 32.2. The maximum absolute atomic E-state index is 12.6. The van der Waals surface area contributed by atoms with Gasteiger partial charge < -0.3 is 15.0 Å². The van der Waals surface area contributed by atoms with E-state index in [0.29, 0.717) is 17.7 Å². The van der Waals surface area contributed by atoms with Crippen molar-refractivity contribution < 1.29 is 22.7 Å². The van der Waals surface area contributed by atoms with Gasteiger partial charge in [-0.15, -0.1) is 0 Å². The summed E-state index contributed by atoms with van der Waals surface area (Å²) in [6.07, 6.45) is 0. The van der Waals surface area contributed by atoms with E-state index in [1.54, 1.807) is 38.4 Å². The highest BCUT2D eigenvalue weighted by Gasteiger charge is 2.16. The van der Waals surface area contributed by atoms with E-state index in [0.717, 1.165) is 5.56 Å². The van der Waals surface area contributed by atoms with Crippen LogP contribution in [0.3, 0.4) is 0 Å². The van der Waals surface area contributed by atoms with Gasteiger partial charge in [-0.1, -0.05) is 12.1 Å².